The molecule has 0 fully saturated rings. The first-order valence-electron chi connectivity index (χ1n) is 4.09. The maximum Gasteiger partial charge on any atom is 0.303 e. The average molecular weight is 184 g/mol. The standard InChI is InChI=1S/C8H12N2O3/c1-2-6-5(3-4-7(11)12)8(9)13-10-6/h2-4,9H2,1H3,(H,11,12). The normalized spacial score (nSPS) is 10.2. The van der Waals surface area contributed by atoms with Crippen LogP contribution in [0.15, 0.2) is 4.52 Å². The third-order valence-electron chi connectivity index (χ3n) is 1.82. The van der Waals surface area contributed by atoms with E-state index in [9.17, 15) is 4.79 Å². The highest BCUT2D eigenvalue weighted by Gasteiger charge is 2.12. The molecule has 0 aliphatic heterocycles. The summed E-state index contributed by atoms with van der Waals surface area (Å²) < 4.78 is 4.75. The van der Waals surface area contributed by atoms with Gasteiger partial charge in [-0.15, -0.1) is 0 Å². The second-order valence-corrected chi connectivity index (χ2v) is 2.72. The van der Waals surface area contributed by atoms with Crippen molar-refractivity contribution >= 4 is 11.9 Å². The number of carboxylic acids is 1. The number of nitrogens with two attached hydrogens (primary N) is 1. The molecule has 1 heterocycles. The fraction of sp³-hybridized carbons (Fsp3) is 0.500. The van der Waals surface area contributed by atoms with Crippen molar-refractivity contribution in [2.75, 3.05) is 5.73 Å². The van der Waals surface area contributed by atoms with Crippen LogP contribution in [0.3, 0.4) is 0 Å². The Bertz CT molecular complexity index is 306. The molecule has 5 nitrogen and oxygen atoms in total. The lowest BCUT2D eigenvalue weighted by Gasteiger charge is -1.96. The molecule has 1 aromatic rings. The number of hydrogen-bond donors (Lipinski definition) is 2. The van der Waals surface area contributed by atoms with Crippen LogP contribution in [-0.4, -0.2) is 16.2 Å². The number of aliphatic carboxylic acids is 1. The van der Waals surface area contributed by atoms with Crippen LogP contribution in [0.25, 0.3) is 0 Å². The molecule has 0 aromatic carbocycles. The summed E-state index contributed by atoms with van der Waals surface area (Å²) in [7, 11) is 0. The molecule has 0 aliphatic rings. The predicted octanol–water partition coefficient (Wildman–Crippen LogP) is 0.836. The summed E-state index contributed by atoms with van der Waals surface area (Å²) in [6.45, 7) is 1.92. The van der Waals surface area contributed by atoms with Gasteiger partial charge in [0.05, 0.1) is 5.69 Å². The van der Waals surface area contributed by atoms with E-state index in [1.807, 2.05) is 6.92 Å². The zero-order valence-electron chi connectivity index (χ0n) is 7.41. The third kappa shape index (κ3) is 2.21. The summed E-state index contributed by atoms with van der Waals surface area (Å²) >= 11 is 0. The topological polar surface area (TPSA) is 89.4 Å². The molecule has 0 bridgehead atoms. The van der Waals surface area contributed by atoms with Gasteiger partial charge in [0.25, 0.3) is 0 Å². The first-order valence-corrected chi connectivity index (χ1v) is 4.09. The van der Waals surface area contributed by atoms with Gasteiger partial charge < -0.3 is 15.4 Å². The van der Waals surface area contributed by atoms with Gasteiger partial charge in [0, 0.05) is 12.0 Å². The molecule has 72 valence electrons. The van der Waals surface area contributed by atoms with Crippen molar-refractivity contribution in [3.63, 3.8) is 0 Å². The van der Waals surface area contributed by atoms with E-state index in [4.69, 9.17) is 15.4 Å². The van der Waals surface area contributed by atoms with Gasteiger partial charge in [-0.05, 0) is 12.8 Å². The molecule has 0 aliphatic carbocycles. The number of aromatic nitrogens is 1. The first-order chi connectivity index (χ1) is 6.15. The summed E-state index contributed by atoms with van der Waals surface area (Å²) in [5.41, 5.74) is 6.96. The number of aryl methyl sites for hydroxylation is 1. The van der Waals surface area contributed by atoms with E-state index in [0.29, 0.717) is 12.8 Å². The van der Waals surface area contributed by atoms with Crippen molar-refractivity contribution in [3.8, 4) is 0 Å². The zero-order chi connectivity index (χ0) is 9.84. The van der Waals surface area contributed by atoms with Crippen LogP contribution in [0.4, 0.5) is 5.88 Å². The molecule has 0 spiro atoms. The molecule has 5 heteroatoms. The molecule has 1 aromatic heterocycles. The number of nitrogens with zero attached hydrogens (tertiary/aromatic N) is 1. The molecule has 0 unspecified atom stereocenters. The smallest absolute Gasteiger partial charge is 0.303 e. The molecule has 0 saturated carbocycles. The lowest BCUT2D eigenvalue weighted by Crippen LogP contribution is -2.00. The van der Waals surface area contributed by atoms with Crippen molar-refractivity contribution < 1.29 is 14.4 Å². The fourth-order valence-corrected chi connectivity index (χ4v) is 1.13. The van der Waals surface area contributed by atoms with Crippen LogP contribution in [-0.2, 0) is 17.6 Å². The summed E-state index contributed by atoms with van der Waals surface area (Å²) in [6.07, 6.45) is 1.14. The number of anilines is 1. The maximum absolute atomic E-state index is 10.3. The van der Waals surface area contributed by atoms with Gasteiger partial charge in [-0.2, -0.15) is 0 Å². The number of nitrogen functional groups attached to an aromatic ring is 1. The van der Waals surface area contributed by atoms with E-state index in [1.165, 1.54) is 0 Å². The van der Waals surface area contributed by atoms with E-state index in [2.05, 4.69) is 5.16 Å². The van der Waals surface area contributed by atoms with E-state index in [0.717, 1.165) is 11.3 Å². The van der Waals surface area contributed by atoms with E-state index >= 15 is 0 Å². The Morgan fingerprint density at radius 1 is 1.69 bits per heavy atom. The Balaban J connectivity index is 2.73. The van der Waals surface area contributed by atoms with Gasteiger partial charge in [0.2, 0.25) is 5.88 Å². The minimum Gasteiger partial charge on any atom is -0.481 e. The SMILES string of the molecule is CCc1noc(N)c1CCC(=O)O. The predicted molar refractivity (Wildman–Crippen MR) is 46.3 cm³/mol. The van der Waals surface area contributed by atoms with Crippen molar-refractivity contribution in [2.45, 2.75) is 26.2 Å². The minimum atomic E-state index is -0.845. The van der Waals surface area contributed by atoms with Crippen LogP contribution >= 0.6 is 0 Å². The van der Waals surface area contributed by atoms with Crippen LogP contribution in [0.5, 0.6) is 0 Å². The highest BCUT2D eigenvalue weighted by atomic mass is 16.5. The highest BCUT2D eigenvalue weighted by molar-refractivity contribution is 5.67. The highest BCUT2D eigenvalue weighted by Crippen LogP contribution is 2.18. The van der Waals surface area contributed by atoms with Gasteiger partial charge >= 0.3 is 5.97 Å². The Labute approximate surface area is 75.5 Å². The molecule has 0 amide bonds. The largest absolute Gasteiger partial charge is 0.481 e. The minimum absolute atomic E-state index is 0.0540. The lowest BCUT2D eigenvalue weighted by molar-refractivity contribution is -0.136. The summed E-state index contributed by atoms with van der Waals surface area (Å²) in [5.74, 6) is -0.610. The van der Waals surface area contributed by atoms with Crippen molar-refractivity contribution in [3.05, 3.63) is 11.3 Å². The molecule has 0 saturated heterocycles. The number of carbonyl (C=O) groups is 1. The molecular formula is C8H12N2O3. The quantitative estimate of drug-likeness (QED) is 0.723. The van der Waals surface area contributed by atoms with Crippen LogP contribution in [0.2, 0.25) is 0 Å². The van der Waals surface area contributed by atoms with Crippen LogP contribution < -0.4 is 5.73 Å². The number of rotatable bonds is 4. The van der Waals surface area contributed by atoms with Crippen molar-refractivity contribution in [1.82, 2.24) is 5.16 Å². The maximum atomic E-state index is 10.3. The zero-order valence-corrected chi connectivity index (χ0v) is 7.41. The van der Waals surface area contributed by atoms with Gasteiger partial charge in [0.15, 0.2) is 0 Å². The molecule has 3 N–H and O–H groups in total. The van der Waals surface area contributed by atoms with Crippen molar-refractivity contribution in [2.24, 2.45) is 0 Å². The van der Waals surface area contributed by atoms with Gasteiger partial charge in [-0.3, -0.25) is 4.79 Å². The summed E-state index contributed by atoms with van der Waals surface area (Å²) in [5, 5.41) is 12.2. The van der Waals surface area contributed by atoms with E-state index in [-0.39, 0.29) is 12.3 Å². The molecular weight excluding hydrogens is 172 g/mol. The van der Waals surface area contributed by atoms with E-state index < -0.39 is 5.97 Å². The second-order valence-electron chi connectivity index (χ2n) is 2.72. The molecule has 13 heavy (non-hydrogen) atoms. The summed E-state index contributed by atoms with van der Waals surface area (Å²) in [4.78, 5) is 10.3. The Morgan fingerprint density at radius 3 is 2.92 bits per heavy atom. The van der Waals surface area contributed by atoms with Crippen molar-refractivity contribution in [1.29, 1.82) is 0 Å². The van der Waals surface area contributed by atoms with Gasteiger partial charge in [-0.25, -0.2) is 0 Å². The summed E-state index contributed by atoms with van der Waals surface area (Å²) in [6, 6.07) is 0. The third-order valence-corrected chi connectivity index (χ3v) is 1.82. The van der Waals surface area contributed by atoms with Gasteiger partial charge in [0.1, 0.15) is 0 Å². The van der Waals surface area contributed by atoms with Crippen LogP contribution in [0, 0.1) is 0 Å². The molecule has 0 atom stereocenters. The Hall–Kier alpha value is -1.52. The second kappa shape index (κ2) is 3.93. The molecule has 1 rings (SSSR count). The van der Waals surface area contributed by atoms with Crippen LogP contribution in [0.1, 0.15) is 24.6 Å². The number of carboxylic acid groups (broad SMARTS) is 1. The van der Waals surface area contributed by atoms with E-state index in [1.54, 1.807) is 0 Å². The Morgan fingerprint density at radius 2 is 2.38 bits per heavy atom. The average Bonchev–Trinajstić information content (AvgIpc) is 2.43. The first kappa shape index (κ1) is 9.57. The van der Waals surface area contributed by atoms with Gasteiger partial charge in [-0.1, -0.05) is 12.1 Å². The number of hydrogen-bond acceptors (Lipinski definition) is 4. The lowest BCUT2D eigenvalue weighted by atomic mass is 10.1. The Kier molecular flexibility index (Phi) is 2.89. The molecule has 0 radical (unpaired) electrons. The fourth-order valence-electron chi connectivity index (χ4n) is 1.13. The monoisotopic (exact) mass is 184 g/mol.